The molecule has 1 heterocycles. The van der Waals surface area contributed by atoms with Gasteiger partial charge in [-0.15, -0.1) is 0 Å². The zero-order valence-electron chi connectivity index (χ0n) is 9.18. The van der Waals surface area contributed by atoms with Crippen molar-refractivity contribution in [1.29, 1.82) is 0 Å². The average molecular weight is 235 g/mol. The molecule has 0 aliphatic heterocycles. The molecule has 0 saturated carbocycles. The van der Waals surface area contributed by atoms with Crippen molar-refractivity contribution < 1.29 is 19.1 Å². The van der Waals surface area contributed by atoms with Gasteiger partial charge in [-0.2, -0.15) is 0 Å². The number of ether oxygens (including phenoxy) is 1. The lowest BCUT2D eigenvalue weighted by Crippen LogP contribution is -2.06. The predicted molar refractivity (Wildman–Crippen MR) is 61.9 cm³/mol. The third-order valence-electron chi connectivity index (χ3n) is 2.37. The number of carbonyl (C=O) groups is 1. The standard InChI is InChI=1S/C12H13NO4/c13-7-10-12(16-6-5-11(14)15)8-3-1-2-4-9(8)17-10/h1-4H,5-7,13H2,(H,14,15). The summed E-state index contributed by atoms with van der Waals surface area (Å²) in [6.07, 6.45) is -0.0521. The van der Waals surface area contributed by atoms with E-state index in [0.717, 1.165) is 5.39 Å². The summed E-state index contributed by atoms with van der Waals surface area (Å²) in [5.74, 6) is 0.188. The van der Waals surface area contributed by atoms with Crippen LogP contribution in [-0.2, 0) is 11.3 Å². The highest BCUT2D eigenvalue weighted by Gasteiger charge is 2.14. The summed E-state index contributed by atoms with van der Waals surface area (Å²) in [7, 11) is 0. The molecule has 3 N–H and O–H groups in total. The molecule has 1 aromatic heterocycles. The number of aliphatic carboxylic acids is 1. The number of fused-ring (bicyclic) bond motifs is 1. The van der Waals surface area contributed by atoms with Crippen LogP contribution in [0.3, 0.4) is 0 Å². The topological polar surface area (TPSA) is 85.7 Å². The van der Waals surface area contributed by atoms with E-state index in [0.29, 0.717) is 17.1 Å². The van der Waals surface area contributed by atoms with Crippen LogP contribution in [0.15, 0.2) is 28.7 Å². The Hall–Kier alpha value is -2.01. The Morgan fingerprint density at radius 3 is 2.88 bits per heavy atom. The summed E-state index contributed by atoms with van der Waals surface area (Å²) >= 11 is 0. The lowest BCUT2D eigenvalue weighted by atomic mass is 10.2. The lowest BCUT2D eigenvalue weighted by molar-refractivity contribution is -0.137. The maximum absolute atomic E-state index is 10.4. The molecule has 0 fully saturated rings. The van der Waals surface area contributed by atoms with Crippen molar-refractivity contribution in [2.45, 2.75) is 13.0 Å². The summed E-state index contributed by atoms with van der Waals surface area (Å²) in [5, 5.41) is 9.37. The first-order chi connectivity index (χ1) is 8.22. The molecule has 90 valence electrons. The zero-order chi connectivity index (χ0) is 12.3. The van der Waals surface area contributed by atoms with Crippen LogP contribution in [0.4, 0.5) is 0 Å². The highest BCUT2D eigenvalue weighted by molar-refractivity contribution is 5.85. The average Bonchev–Trinajstić information content (AvgIpc) is 2.67. The van der Waals surface area contributed by atoms with Gasteiger partial charge in [0.25, 0.3) is 0 Å². The fourth-order valence-electron chi connectivity index (χ4n) is 1.61. The predicted octanol–water partition coefficient (Wildman–Crippen LogP) is 1.74. The number of nitrogens with two attached hydrogens (primary N) is 1. The van der Waals surface area contributed by atoms with Gasteiger partial charge in [0, 0.05) is 0 Å². The van der Waals surface area contributed by atoms with Crippen LogP contribution in [0.2, 0.25) is 0 Å². The van der Waals surface area contributed by atoms with Crippen LogP contribution in [-0.4, -0.2) is 17.7 Å². The van der Waals surface area contributed by atoms with Crippen LogP contribution in [0.1, 0.15) is 12.2 Å². The van der Waals surface area contributed by atoms with Gasteiger partial charge in [0.1, 0.15) is 5.58 Å². The van der Waals surface area contributed by atoms with Gasteiger partial charge in [0.2, 0.25) is 0 Å². The summed E-state index contributed by atoms with van der Waals surface area (Å²) in [6, 6.07) is 7.39. The van der Waals surface area contributed by atoms with Gasteiger partial charge >= 0.3 is 5.97 Å². The molecule has 2 rings (SSSR count). The van der Waals surface area contributed by atoms with Crippen molar-refractivity contribution in [3.63, 3.8) is 0 Å². The highest BCUT2D eigenvalue weighted by atomic mass is 16.5. The van der Waals surface area contributed by atoms with E-state index in [1.165, 1.54) is 0 Å². The third-order valence-corrected chi connectivity index (χ3v) is 2.37. The number of para-hydroxylation sites is 1. The number of furan rings is 1. The number of carboxylic acid groups (broad SMARTS) is 1. The molecular weight excluding hydrogens is 222 g/mol. The first kappa shape index (κ1) is 11.5. The maximum atomic E-state index is 10.4. The fraction of sp³-hybridized carbons (Fsp3) is 0.250. The Labute approximate surface area is 97.8 Å². The molecule has 0 aliphatic rings. The van der Waals surface area contributed by atoms with Crippen molar-refractivity contribution in [3.8, 4) is 5.75 Å². The zero-order valence-corrected chi connectivity index (χ0v) is 9.18. The SMILES string of the molecule is NCc1oc2ccccc2c1OCCC(=O)O. The van der Waals surface area contributed by atoms with E-state index in [9.17, 15) is 4.79 Å². The Balaban J connectivity index is 2.27. The molecule has 5 heteroatoms. The van der Waals surface area contributed by atoms with Crippen molar-refractivity contribution in [2.75, 3.05) is 6.61 Å². The van der Waals surface area contributed by atoms with Crippen molar-refractivity contribution in [2.24, 2.45) is 5.73 Å². The molecule has 0 unspecified atom stereocenters. The molecule has 5 nitrogen and oxygen atoms in total. The van der Waals surface area contributed by atoms with Crippen molar-refractivity contribution >= 4 is 16.9 Å². The second kappa shape index (κ2) is 4.88. The molecule has 2 aromatic rings. The van der Waals surface area contributed by atoms with Gasteiger partial charge in [-0.3, -0.25) is 4.79 Å². The minimum atomic E-state index is -0.896. The van der Waals surface area contributed by atoms with E-state index < -0.39 is 5.97 Å². The van der Waals surface area contributed by atoms with Gasteiger partial charge in [0.05, 0.1) is 25.0 Å². The first-order valence-corrected chi connectivity index (χ1v) is 5.27. The van der Waals surface area contributed by atoms with Crippen LogP contribution in [0, 0.1) is 0 Å². The molecule has 0 spiro atoms. The van der Waals surface area contributed by atoms with Gasteiger partial charge in [-0.25, -0.2) is 0 Å². The molecule has 0 atom stereocenters. The van der Waals surface area contributed by atoms with E-state index in [-0.39, 0.29) is 19.6 Å². The molecule has 0 amide bonds. The highest BCUT2D eigenvalue weighted by Crippen LogP contribution is 2.32. The number of carboxylic acids is 1. The van der Waals surface area contributed by atoms with Crippen LogP contribution < -0.4 is 10.5 Å². The largest absolute Gasteiger partial charge is 0.489 e. The number of hydrogen-bond donors (Lipinski definition) is 2. The Morgan fingerprint density at radius 1 is 1.41 bits per heavy atom. The van der Waals surface area contributed by atoms with E-state index in [4.69, 9.17) is 20.0 Å². The van der Waals surface area contributed by atoms with Crippen LogP contribution in [0.25, 0.3) is 11.0 Å². The van der Waals surface area contributed by atoms with E-state index >= 15 is 0 Å². The smallest absolute Gasteiger partial charge is 0.306 e. The summed E-state index contributed by atoms with van der Waals surface area (Å²) in [4.78, 5) is 10.4. The Kier molecular flexibility index (Phi) is 3.30. The molecule has 0 radical (unpaired) electrons. The molecule has 17 heavy (non-hydrogen) atoms. The fourth-order valence-corrected chi connectivity index (χ4v) is 1.61. The van der Waals surface area contributed by atoms with Gasteiger partial charge in [0.15, 0.2) is 11.5 Å². The number of rotatable bonds is 5. The maximum Gasteiger partial charge on any atom is 0.306 e. The lowest BCUT2D eigenvalue weighted by Gasteiger charge is -2.03. The monoisotopic (exact) mass is 235 g/mol. The molecule has 0 aliphatic carbocycles. The van der Waals surface area contributed by atoms with Gasteiger partial charge < -0.3 is 20.0 Å². The summed E-state index contributed by atoms with van der Waals surface area (Å²) < 4.78 is 10.9. The minimum Gasteiger partial charge on any atom is -0.489 e. The van der Waals surface area contributed by atoms with Crippen molar-refractivity contribution in [3.05, 3.63) is 30.0 Å². The Morgan fingerprint density at radius 2 is 2.18 bits per heavy atom. The number of benzene rings is 1. The van der Waals surface area contributed by atoms with Gasteiger partial charge in [-0.05, 0) is 12.1 Å². The molecule has 0 saturated heterocycles. The Bertz CT molecular complexity index is 532. The minimum absolute atomic E-state index is 0.0521. The van der Waals surface area contributed by atoms with Gasteiger partial charge in [-0.1, -0.05) is 12.1 Å². The second-order valence-electron chi connectivity index (χ2n) is 3.55. The van der Waals surface area contributed by atoms with E-state index in [1.807, 2.05) is 24.3 Å². The molecule has 1 aromatic carbocycles. The second-order valence-corrected chi connectivity index (χ2v) is 3.55. The quantitative estimate of drug-likeness (QED) is 0.824. The molecular formula is C12H13NO4. The normalized spacial score (nSPS) is 10.6. The van der Waals surface area contributed by atoms with E-state index in [1.54, 1.807) is 0 Å². The third kappa shape index (κ3) is 2.39. The number of hydrogen-bond acceptors (Lipinski definition) is 4. The van der Waals surface area contributed by atoms with Crippen molar-refractivity contribution in [1.82, 2.24) is 0 Å². The van der Waals surface area contributed by atoms with E-state index in [2.05, 4.69) is 0 Å². The summed E-state index contributed by atoms with van der Waals surface area (Å²) in [6.45, 7) is 0.322. The van der Waals surface area contributed by atoms with Crippen LogP contribution >= 0.6 is 0 Å². The first-order valence-electron chi connectivity index (χ1n) is 5.27. The van der Waals surface area contributed by atoms with Crippen LogP contribution in [0.5, 0.6) is 5.75 Å². The summed E-state index contributed by atoms with van der Waals surface area (Å²) in [5.41, 5.74) is 6.25. The molecule has 0 bridgehead atoms.